The zero-order valence-electron chi connectivity index (χ0n) is 13.2. The molecule has 0 amide bonds. The fourth-order valence-corrected chi connectivity index (χ4v) is 2.49. The van der Waals surface area contributed by atoms with Crippen LogP contribution >= 0.6 is 0 Å². The van der Waals surface area contributed by atoms with E-state index in [9.17, 15) is 0 Å². The lowest BCUT2D eigenvalue weighted by molar-refractivity contribution is 0.306. The van der Waals surface area contributed by atoms with Gasteiger partial charge >= 0.3 is 0 Å². The van der Waals surface area contributed by atoms with Gasteiger partial charge in [0.15, 0.2) is 0 Å². The first kappa shape index (κ1) is 14.9. The minimum absolute atomic E-state index is 0.390. The fourth-order valence-electron chi connectivity index (χ4n) is 2.49. The van der Waals surface area contributed by atoms with Crippen molar-refractivity contribution in [3.05, 3.63) is 78.0 Å². The van der Waals surface area contributed by atoms with Crippen LogP contribution in [0.3, 0.4) is 0 Å². The van der Waals surface area contributed by atoms with Crippen molar-refractivity contribution >= 4 is 11.2 Å². The molecule has 0 saturated heterocycles. The van der Waals surface area contributed by atoms with E-state index in [-0.39, 0.29) is 0 Å². The van der Waals surface area contributed by atoms with Crippen LogP contribution in [0.4, 0.5) is 0 Å². The number of nitrogens with zero attached hydrogens (tertiary/aromatic N) is 3. The van der Waals surface area contributed by atoms with Crippen LogP contribution in [0.15, 0.2) is 71.3 Å². The van der Waals surface area contributed by atoms with E-state index < -0.39 is 0 Å². The normalized spacial score (nSPS) is 10.5. The van der Waals surface area contributed by atoms with E-state index in [1.54, 1.807) is 18.3 Å². The van der Waals surface area contributed by atoms with Gasteiger partial charge in [-0.2, -0.15) is 5.26 Å². The van der Waals surface area contributed by atoms with Gasteiger partial charge in [0.2, 0.25) is 11.6 Å². The highest BCUT2D eigenvalue weighted by molar-refractivity contribution is 5.74. The van der Waals surface area contributed by atoms with Crippen molar-refractivity contribution in [2.24, 2.45) is 0 Å². The molecule has 0 aliphatic heterocycles. The number of pyridine rings is 1. The number of aromatic nitrogens is 2. The highest BCUT2D eigenvalue weighted by Gasteiger charge is 2.13. The summed E-state index contributed by atoms with van der Waals surface area (Å²) in [5.74, 6) is 1.16. The molecule has 5 heteroatoms. The van der Waals surface area contributed by atoms with Crippen LogP contribution in [-0.2, 0) is 6.61 Å². The number of para-hydroxylation sites is 1. The smallest absolute Gasteiger partial charge is 0.247 e. The van der Waals surface area contributed by atoms with E-state index in [1.165, 1.54) is 0 Å². The topological polar surface area (TPSA) is 71.9 Å². The predicted molar refractivity (Wildman–Crippen MR) is 92.7 cm³/mol. The van der Waals surface area contributed by atoms with E-state index >= 15 is 0 Å². The van der Waals surface area contributed by atoms with E-state index in [0.717, 1.165) is 11.1 Å². The summed E-state index contributed by atoms with van der Waals surface area (Å²) in [6, 6.07) is 20.7. The first-order valence-electron chi connectivity index (χ1n) is 7.76. The van der Waals surface area contributed by atoms with E-state index in [0.29, 0.717) is 35.0 Å². The van der Waals surface area contributed by atoms with E-state index in [1.807, 2.05) is 48.5 Å². The Morgan fingerprint density at radius 2 is 1.84 bits per heavy atom. The third-order valence-corrected chi connectivity index (χ3v) is 3.76. The largest absolute Gasteiger partial charge is 0.488 e. The summed E-state index contributed by atoms with van der Waals surface area (Å²) in [6.45, 7) is 0.390. The van der Waals surface area contributed by atoms with Crippen LogP contribution in [0.25, 0.3) is 22.7 Å². The van der Waals surface area contributed by atoms with Crippen molar-refractivity contribution in [3.63, 3.8) is 0 Å². The lowest BCUT2D eigenvalue weighted by Crippen LogP contribution is -1.97. The standard InChI is InChI=1S/C20H13N3O2/c21-12-14-7-9-15(10-8-14)13-24-18-6-2-1-4-16(18)19-23-17-5-3-11-22-20(17)25-19/h1-11H,13H2. The molecular formula is C20H13N3O2. The molecule has 0 radical (unpaired) electrons. The van der Waals surface area contributed by atoms with Gasteiger partial charge in [0.05, 0.1) is 17.2 Å². The predicted octanol–water partition coefficient (Wildman–Crippen LogP) is 4.34. The zero-order valence-corrected chi connectivity index (χ0v) is 13.2. The summed E-state index contributed by atoms with van der Waals surface area (Å²) in [7, 11) is 0. The van der Waals surface area contributed by atoms with Gasteiger partial charge in [-0.25, -0.2) is 9.97 Å². The average Bonchev–Trinajstić information content (AvgIpc) is 3.11. The Hall–Kier alpha value is -3.65. The molecule has 4 rings (SSSR count). The number of hydrogen-bond donors (Lipinski definition) is 0. The molecule has 120 valence electrons. The minimum Gasteiger partial charge on any atom is -0.488 e. The monoisotopic (exact) mass is 327 g/mol. The third-order valence-electron chi connectivity index (χ3n) is 3.76. The number of ether oxygens (including phenoxy) is 1. The first-order chi connectivity index (χ1) is 12.3. The van der Waals surface area contributed by atoms with Gasteiger partial charge in [0.1, 0.15) is 17.9 Å². The maximum Gasteiger partial charge on any atom is 0.247 e. The first-order valence-corrected chi connectivity index (χ1v) is 7.76. The Morgan fingerprint density at radius 1 is 1.00 bits per heavy atom. The molecule has 0 bridgehead atoms. The highest BCUT2D eigenvalue weighted by atomic mass is 16.5. The van der Waals surface area contributed by atoms with Crippen molar-refractivity contribution < 1.29 is 9.15 Å². The zero-order chi connectivity index (χ0) is 17.1. The molecule has 5 nitrogen and oxygen atoms in total. The molecular weight excluding hydrogens is 314 g/mol. The Bertz CT molecular complexity index is 1030. The molecule has 0 spiro atoms. The SMILES string of the molecule is N#Cc1ccc(COc2ccccc2-c2nc3cccnc3o2)cc1. The molecule has 4 aromatic rings. The summed E-state index contributed by atoms with van der Waals surface area (Å²) in [5.41, 5.74) is 3.59. The molecule has 0 fully saturated rings. The maximum atomic E-state index is 8.86. The fraction of sp³-hybridized carbons (Fsp3) is 0.0500. The van der Waals surface area contributed by atoms with Crippen LogP contribution in [0.5, 0.6) is 5.75 Å². The number of oxazole rings is 1. The van der Waals surface area contributed by atoms with Gasteiger partial charge in [0.25, 0.3) is 0 Å². The van der Waals surface area contributed by atoms with E-state index in [4.69, 9.17) is 14.4 Å². The van der Waals surface area contributed by atoms with Crippen molar-refractivity contribution in [2.75, 3.05) is 0 Å². The number of hydrogen-bond acceptors (Lipinski definition) is 5. The quantitative estimate of drug-likeness (QED) is 0.557. The molecule has 0 aliphatic rings. The van der Waals surface area contributed by atoms with Gasteiger partial charge in [-0.1, -0.05) is 24.3 Å². The molecule has 0 aliphatic carbocycles. The van der Waals surface area contributed by atoms with Crippen molar-refractivity contribution in [1.82, 2.24) is 9.97 Å². The van der Waals surface area contributed by atoms with Gasteiger partial charge in [0, 0.05) is 6.20 Å². The Morgan fingerprint density at radius 3 is 2.64 bits per heavy atom. The molecule has 25 heavy (non-hydrogen) atoms. The van der Waals surface area contributed by atoms with Crippen molar-refractivity contribution in [1.29, 1.82) is 5.26 Å². The summed E-state index contributed by atoms with van der Waals surface area (Å²) < 4.78 is 11.7. The second-order valence-electron chi connectivity index (χ2n) is 5.44. The molecule has 0 unspecified atom stereocenters. The summed E-state index contributed by atoms with van der Waals surface area (Å²) in [4.78, 5) is 8.65. The number of rotatable bonds is 4. The molecule has 2 aromatic carbocycles. The summed E-state index contributed by atoms with van der Waals surface area (Å²) in [5, 5.41) is 8.86. The minimum atomic E-state index is 0.390. The molecule has 0 N–H and O–H groups in total. The van der Waals surface area contributed by atoms with Gasteiger partial charge < -0.3 is 9.15 Å². The Kier molecular flexibility index (Phi) is 3.85. The molecule has 2 aromatic heterocycles. The maximum absolute atomic E-state index is 8.86. The highest BCUT2D eigenvalue weighted by Crippen LogP contribution is 2.31. The third kappa shape index (κ3) is 3.06. The van der Waals surface area contributed by atoms with Crippen molar-refractivity contribution in [3.8, 4) is 23.3 Å². The second kappa shape index (κ2) is 6.46. The molecule has 2 heterocycles. The lowest BCUT2D eigenvalue weighted by Gasteiger charge is -2.09. The summed E-state index contributed by atoms with van der Waals surface area (Å²) >= 11 is 0. The Labute approximate surface area is 144 Å². The summed E-state index contributed by atoms with van der Waals surface area (Å²) in [6.07, 6.45) is 1.67. The van der Waals surface area contributed by atoms with Crippen molar-refractivity contribution in [2.45, 2.75) is 6.61 Å². The van der Waals surface area contributed by atoms with Crippen LogP contribution < -0.4 is 4.74 Å². The van der Waals surface area contributed by atoms with Crippen LogP contribution in [0.2, 0.25) is 0 Å². The van der Waals surface area contributed by atoms with Gasteiger partial charge in [-0.15, -0.1) is 0 Å². The number of nitriles is 1. The Balaban J connectivity index is 1.61. The average molecular weight is 327 g/mol. The molecule has 0 saturated carbocycles. The number of benzene rings is 2. The second-order valence-corrected chi connectivity index (χ2v) is 5.44. The lowest BCUT2D eigenvalue weighted by atomic mass is 10.1. The van der Waals surface area contributed by atoms with Crippen LogP contribution in [-0.4, -0.2) is 9.97 Å². The van der Waals surface area contributed by atoms with Crippen LogP contribution in [0, 0.1) is 11.3 Å². The molecule has 0 atom stereocenters. The van der Waals surface area contributed by atoms with E-state index in [2.05, 4.69) is 16.0 Å². The van der Waals surface area contributed by atoms with Gasteiger partial charge in [-0.3, -0.25) is 0 Å². The van der Waals surface area contributed by atoms with Gasteiger partial charge in [-0.05, 0) is 42.0 Å². The van der Waals surface area contributed by atoms with Crippen LogP contribution in [0.1, 0.15) is 11.1 Å². The number of fused-ring (bicyclic) bond motifs is 1.